The minimum atomic E-state index is 0.0204. The zero-order chi connectivity index (χ0) is 14.8. The highest BCUT2D eigenvalue weighted by molar-refractivity contribution is 6.42. The maximum atomic E-state index is 12.5. The molecule has 0 spiro atoms. The fourth-order valence-electron chi connectivity index (χ4n) is 2.75. The van der Waals surface area contributed by atoms with E-state index in [-0.39, 0.29) is 5.91 Å². The van der Waals surface area contributed by atoms with Crippen LogP contribution in [0.1, 0.15) is 28.3 Å². The van der Waals surface area contributed by atoms with Crippen LogP contribution in [0.4, 0.5) is 0 Å². The summed E-state index contributed by atoms with van der Waals surface area (Å²) >= 11 is 11.9. The second kappa shape index (κ2) is 6.08. The third kappa shape index (κ3) is 3.07. The van der Waals surface area contributed by atoms with Crippen molar-refractivity contribution in [2.24, 2.45) is 0 Å². The Hall–Kier alpha value is -1.51. The maximum Gasteiger partial charge on any atom is 0.253 e. The molecule has 0 aliphatic carbocycles. The van der Waals surface area contributed by atoms with Gasteiger partial charge in [-0.2, -0.15) is 0 Å². The van der Waals surface area contributed by atoms with Crippen LogP contribution in [-0.4, -0.2) is 23.9 Å². The van der Waals surface area contributed by atoms with Crippen molar-refractivity contribution in [3.8, 4) is 0 Å². The molecule has 0 N–H and O–H groups in total. The SMILES string of the molecule is O=C(c1ccc(Cl)c(Cl)c1)N1CCC(c2ccccc2)C1. The number of benzene rings is 2. The van der Waals surface area contributed by atoms with Gasteiger partial charge in [-0.05, 0) is 30.2 Å². The molecule has 3 rings (SSSR count). The van der Waals surface area contributed by atoms with Crippen molar-refractivity contribution in [1.82, 2.24) is 4.90 Å². The molecule has 2 aromatic rings. The predicted octanol–water partition coefficient (Wildman–Crippen LogP) is 4.62. The summed E-state index contributed by atoms with van der Waals surface area (Å²) in [6.45, 7) is 1.53. The highest BCUT2D eigenvalue weighted by Gasteiger charge is 2.27. The molecule has 108 valence electrons. The third-order valence-electron chi connectivity index (χ3n) is 3.91. The Morgan fingerprint density at radius 2 is 1.81 bits per heavy atom. The van der Waals surface area contributed by atoms with Crippen LogP contribution in [0.3, 0.4) is 0 Å². The highest BCUT2D eigenvalue weighted by Crippen LogP contribution is 2.29. The first kappa shape index (κ1) is 14.4. The fraction of sp³-hybridized carbons (Fsp3) is 0.235. The van der Waals surface area contributed by atoms with Crippen LogP contribution in [-0.2, 0) is 0 Å². The molecule has 0 aromatic heterocycles. The van der Waals surface area contributed by atoms with Gasteiger partial charge in [-0.3, -0.25) is 4.79 Å². The van der Waals surface area contributed by atoms with E-state index in [0.29, 0.717) is 21.5 Å². The monoisotopic (exact) mass is 319 g/mol. The fourth-order valence-corrected chi connectivity index (χ4v) is 3.05. The summed E-state index contributed by atoms with van der Waals surface area (Å²) in [5.74, 6) is 0.435. The van der Waals surface area contributed by atoms with Gasteiger partial charge in [-0.25, -0.2) is 0 Å². The van der Waals surface area contributed by atoms with Gasteiger partial charge in [0, 0.05) is 24.6 Å². The van der Waals surface area contributed by atoms with Crippen molar-refractivity contribution in [3.05, 3.63) is 69.7 Å². The van der Waals surface area contributed by atoms with Crippen molar-refractivity contribution >= 4 is 29.1 Å². The number of hydrogen-bond acceptors (Lipinski definition) is 1. The lowest BCUT2D eigenvalue weighted by atomic mass is 9.99. The van der Waals surface area contributed by atoms with Gasteiger partial charge in [0.05, 0.1) is 10.0 Å². The molecular weight excluding hydrogens is 305 g/mol. The van der Waals surface area contributed by atoms with E-state index >= 15 is 0 Å². The molecule has 4 heteroatoms. The summed E-state index contributed by atoms with van der Waals surface area (Å²) in [4.78, 5) is 14.4. The van der Waals surface area contributed by atoms with Gasteiger partial charge in [0.15, 0.2) is 0 Å². The van der Waals surface area contributed by atoms with Gasteiger partial charge in [0.25, 0.3) is 5.91 Å². The second-order valence-electron chi connectivity index (χ2n) is 5.28. The minimum absolute atomic E-state index is 0.0204. The third-order valence-corrected chi connectivity index (χ3v) is 4.65. The molecule has 1 fully saturated rings. The molecule has 0 radical (unpaired) electrons. The summed E-state index contributed by atoms with van der Waals surface area (Å²) in [6.07, 6.45) is 0.997. The van der Waals surface area contributed by atoms with Crippen molar-refractivity contribution in [3.63, 3.8) is 0 Å². The molecular formula is C17H15Cl2NO. The van der Waals surface area contributed by atoms with Crippen LogP contribution in [0.5, 0.6) is 0 Å². The zero-order valence-electron chi connectivity index (χ0n) is 11.4. The first-order valence-electron chi connectivity index (χ1n) is 6.94. The van der Waals surface area contributed by atoms with E-state index < -0.39 is 0 Å². The predicted molar refractivity (Wildman–Crippen MR) is 86.2 cm³/mol. The first-order chi connectivity index (χ1) is 10.1. The van der Waals surface area contributed by atoms with Crippen LogP contribution >= 0.6 is 23.2 Å². The number of halogens is 2. The van der Waals surface area contributed by atoms with Crippen molar-refractivity contribution < 1.29 is 4.79 Å². The van der Waals surface area contributed by atoms with Crippen LogP contribution in [0.25, 0.3) is 0 Å². The lowest BCUT2D eigenvalue weighted by molar-refractivity contribution is 0.0791. The van der Waals surface area contributed by atoms with Gasteiger partial charge in [-0.1, -0.05) is 53.5 Å². The molecule has 0 saturated carbocycles. The Morgan fingerprint density at radius 1 is 1.05 bits per heavy atom. The molecule has 1 aliphatic heterocycles. The highest BCUT2D eigenvalue weighted by atomic mass is 35.5. The molecule has 1 amide bonds. The molecule has 1 heterocycles. The number of rotatable bonds is 2. The molecule has 0 bridgehead atoms. The summed E-state index contributed by atoms with van der Waals surface area (Å²) in [5.41, 5.74) is 1.89. The van der Waals surface area contributed by atoms with Gasteiger partial charge in [-0.15, -0.1) is 0 Å². The van der Waals surface area contributed by atoms with E-state index in [1.807, 2.05) is 23.1 Å². The van der Waals surface area contributed by atoms with Crippen LogP contribution in [0, 0.1) is 0 Å². The Kier molecular flexibility index (Phi) is 4.18. The van der Waals surface area contributed by atoms with Crippen LogP contribution in [0.2, 0.25) is 10.0 Å². The van der Waals surface area contributed by atoms with E-state index in [2.05, 4.69) is 12.1 Å². The van der Waals surface area contributed by atoms with Crippen molar-refractivity contribution in [2.45, 2.75) is 12.3 Å². The summed E-state index contributed by atoms with van der Waals surface area (Å²) in [5, 5.41) is 0.887. The first-order valence-corrected chi connectivity index (χ1v) is 7.70. The van der Waals surface area contributed by atoms with Crippen LogP contribution in [0.15, 0.2) is 48.5 Å². The zero-order valence-corrected chi connectivity index (χ0v) is 12.9. The standard InChI is InChI=1S/C17H15Cl2NO/c18-15-7-6-13(10-16(15)19)17(21)20-9-8-14(11-20)12-4-2-1-3-5-12/h1-7,10,14H,8-9,11H2. The molecule has 1 aliphatic rings. The molecule has 1 unspecified atom stereocenters. The molecule has 2 aromatic carbocycles. The summed E-state index contributed by atoms with van der Waals surface area (Å²) in [6, 6.07) is 15.4. The smallest absolute Gasteiger partial charge is 0.253 e. The molecule has 21 heavy (non-hydrogen) atoms. The number of hydrogen-bond donors (Lipinski definition) is 0. The second-order valence-corrected chi connectivity index (χ2v) is 6.09. The maximum absolute atomic E-state index is 12.5. The summed E-state index contributed by atoms with van der Waals surface area (Å²) in [7, 11) is 0. The average molecular weight is 320 g/mol. The normalized spacial score (nSPS) is 18.0. The van der Waals surface area contributed by atoms with E-state index in [0.717, 1.165) is 19.5 Å². The van der Waals surface area contributed by atoms with E-state index in [4.69, 9.17) is 23.2 Å². The number of carbonyl (C=O) groups is 1. The number of carbonyl (C=O) groups excluding carboxylic acids is 1. The lowest BCUT2D eigenvalue weighted by Gasteiger charge is -2.17. The number of amides is 1. The largest absolute Gasteiger partial charge is 0.338 e. The Morgan fingerprint density at radius 3 is 2.52 bits per heavy atom. The quantitative estimate of drug-likeness (QED) is 0.790. The Labute approximate surface area is 134 Å². The van der Waals surface area contributed by atoms with Gasteiger partial charge < -0.3 is 4.90 Å². The van der Waals surface area contributed by atoms with Gasteiger partial charge in [0.2, 0.25) is 0 Å². The van der Waals surface area contributed by atoms with Crippen LogP contribution < -0.4 is 0 Å². The van der Waals surface area contributed by atoms with E-state index in [9.17, 15) is 4.79 Å². The van der Waals surface area contributed by atoms with E-state index in [1.54, 1.807) is 18.2 Å². The average Bonchev–Trinajstić information content (AvgIpc) is 3.00. The lowest BCUT2D eigenvalue weighted by Crippen LogP contribution is -2.28. The Bertz CT molecular complexity index is 657. The van der Waals surface area contributed by atoms with Gasteiger partial charge in [0.1, 0.15) is 0 Å². The van der Waals surface area contributed by atoms with Crippen molar-refractivity contribution in [1.29, 1.82) is 0 Å². The number of likely N-dealkylation sites (tertiary alicyclic amines) is 1. The van der Waals surface area contributed by atoms with Crippen molar-refractivity contribution in [2.75, 3.05) is 13.1 Å². The minimum Gasteiger partial charge on any atom is -0.338 e. The topological polar surface area (TPSA) is 20.3 Å². The van der Waals surface area contributed by atoms with E-state index in [1.165, 1.54) is 5.56 Å². The number of nitrogens with zero attached hydrogens (tertiary/aromatic N) is 1. The molecule has 1 saturated heterocycles. The Balaban J connectivity index is 1.74. The summed E-state index contributed by atoms with van der Waals surface area (Å²) < 4.78 is 0. The molecule has 1 atom stereocenters. The van der Waals surface area contributed by atoms with Gasteiger partial charge >= 0.3 is 0 Å². The molecule has 2 nitrogen and oxygen atoms in total.